The van der Waals surface area contributed by atoms with E-state index in [2.05, 4.69) is 117 Å². The topological polar surface area (TPSA) is 134 Å². The summed E-state index contributed by atoms with van der Waals surface area (Å²) < 4.78 is 32.8. The molecule has 0 spiro atoms. The quantitative estimate of drug-likeness (QED) is 0.0265. The zero-order chi connectivity index (χ0) is 46.0. The second-order valence-electron chi connectivity index (χ2n) is 15.6. The Kier molecular flexibility index (Phi) is 45.6. The van der Waals surface area contributed by atoms with E-state index in [1.165, 1.54) is 64.2 Å². The van der Waals surface area contributed by atoms with E-state index >= 15 is 0 Å². The fourth-order valence-corrected chi connectivity index (χ4v) is 6.87. The van der Waals surface area contributed by atoms with E-state index in [-0.39, 0.29) is 32.6 Å². The average Bonchev–Trinajstić information content (AvgIpc) is 3.27. The van der Waals surface area contributed by atoms with Gasteiger partial charge in [-0.15, -0.1) is 0 Å². The van der Waals surface area contributed by atoms with Crippen LogP contribution in [0, 0.1) is 0 Å². The molecule has 63 heavy (non-hydrogen) atoms. The van der Waals surface area contributed by atoms with Crippen molar-refractivity contribution in [1.29, 1.82) is 0 Å². The number of hydrogen-bond acceptors (Lipinski definition) is 8. The van der Waals surface area contributed by atoms with Crippen molar-refractivity contribution < 1.29 is 37.6 Å². The number of phosphoric ester groups is 1. The largest absolute Gasteiger partial charge is 0.472 e. The number of allylic oxidation sites excluding steroid dienone is 18. The number of esters is 2. The van der Waals surface area contributed by atoms with Crippen LogP contribution < -0.4 is 5.73 Å². The summed E-state index contributed by atoms with van der Waals surface area (Å²) in [5.74, 6) is -0.905. The Balaban J connectivity index is 4.21. The molecule has 0 saturated carbocycles. The number of carbonyl (C=O) groups is 2. The SMILES string of the molecule is CC/C=C\C/C=C\C/C=C\C/C=C\C/C=C\C/C=C\C/C=C\C/C=C\C/C=C\CCCC(=O)OC(COC(=O)CCCCCCCCCCCCCCC)COP(=O)(O)OCCN. The minimum atomic E-state index is -4.40. The van der Waals surface area contributed by atoms with Crippen LogP contribution in [0.5, 0.6) is 0 Å². The van der Waals surface area contributed by atoms with Crippen LogP contribution in [0.15, 0.2) is 109 Å². The highest BCUT2D eigenvalue weighted by Gasteiger charge is 2.26. The number of phosphoric acid groups is 1. The van der Waals surface area contributed by atoms with Crippen molar-refractivity contribution in [2.45, 2.75) is 187 Å². The lowest BCUT2D eigenvalue weighted by molar-refractivity contribution is -0.161. The molecule has 10 heteroatoms. The molecule has 0 aliphatic heterocycles. The van der Waals surface area contributed by atoms with Crippen molar-refractivity contribution in [3.8, 4) is 0 Å². The van der Waals surface area contributed by atoms with Gasteiger partial charge in [-0.25, -0.2) is 4.57 Å². The third-order valence-corrected chi connectivity index (χ3v) is 10.7. The van der Waals surface area contributed by atoms with Crippen LogP contribution in [0.3, 0.4) is 0 Å². The van der Waals surface area contributed by atoms with Gasteiger partial charge in [0.1, 0.15) is 6.61 Å². The van der Waals surface area contributed by atoms with Gasteiger partial charge in [-0.3, -0.25) is 18.6 Å². The van der Waals surface area contributed by atoms with Gasteiger partial charge >= 0.3 is 19.8 Å². The van der Waals surface area contributed by atoms with E-state index in [9.17, 15) is 19.0 Å². The lowest BCUT2D eigenvalue weighted by atomic mass is 10.0. The number of rotatable bonds is 44. The molecule has 358 valence electrons. The zero-order valence-electron chi connectivity index (χ0n) is 39.5. The molecule has 0 fully saturated rings. The zero-order valence-corrected chi connectivity index (χ0v) is 40.4. The predicted molar refractivity (Wildman–Crippen MR) is 265 cm³/mol. The van der Waals surface area contributed by atoms with Crippen LogP contribution in [0.25, 0.3) is 0 Å². The van der Waals surface area contributed by atoms with Crippen LogP contribution in [0.2, 0.25) is 0 Å². The molecule has 0 bridgehead atoms. The molecular weight excluding hydrogens is 810 g/mol. The fraction of sp³-hybridized carbons (Fsp3) is 0.623. The molecule has 2 unspecified atom stereocenters. The maximum absolute atomic E-state index is 12.6. The normalized spacial score (nSPS) is 14.2. The van der Waals surface area contributed by atoms with Crippen LogP contribution in [-0.4, -0.2) is 49.3 Å². The van der Waals surface area contributed by atoms with E-state index < -0.39 is 32.5 Å². The number of nitrogens with two attached hydrogens (primary N) is 1. The third-order valence-electron chi connectivity index (χ3n) is 9.67. The molecular formula is C53H88NO8P. The lowest BCUT2D eigenvalue weighted by Crippen LogP contribution is -2.29. The Morgan fingerprint density at radius 1 is 0.492 bits per heavy atom. The van der Waals surface area contributed by atoms with Gasteiger partial charge < -0.3 is 20.1 Å². The van der Waals surface area contributed by atoms with Crippen LogP contribution in [-0.2, 0) is 32.7 Å². The summed E-state index contributed by atoms with van der Waals surface area (Å²) in [6, 6.07) is 0. The van der Waals surface area contributed by atoms with Gasteiger partial charge in [-0.05, 0) is 77.0 Å². The summed E-state index contributed by atoms with van der Waals surface area (Å²) in [6.07, 6.45) is 64.2. The van der Waals surface area contributed by atoms with E-state index in [0.29, 0.717) is 12.8 Å². The van der Waals surface area contributed by atoms with E-state index in [0.717, 1.165) is 77.0 Å². The van der Waals surface area contributed by atoms with Crippen LogP contribution in [0.4, 0.5) is 0 Å². The molecule has 2 atom stereocenters. The Morgan fingerprint density at radius 3 is 1.29 bits per heavy atom. The molecule has 0 amide bonds. The summed E-state index contributed by atoms with van der Waals surface area (Å²) in [5.41, 5.74) is 5.35. The summed E-state index contributed by atoms with van der Waals surface area (Å²) in [6.45, 7) is 3.54. The van der Waals surface area contributed by atoms with Crippen molar-refractivity contribution in [1.82, 2.24) is 0 Å². The Bertz CT molecular complexity index is 1390. The molecule has 0 aromatic rings. The highest BCUT2D eigenvalue weighted by atomic mass is 31.2. The summed E-state index contributed by atoms with van der Waals surface area (Å²) >= 11 is 0. The van der Waals surface area contributed by atoms with Gasteiger partial charge in [-0.1, -0.05) is 200 Å². The van der Waals surface area contributed by atoms with Gasteiger partial charge in [0.25, 0.3) is 0 Å². The molecule has 0 rings (SSSR count). The standard InChI is InChI=1S/C53H88NO8P/c1-3-5-7-9-11-13-15-17-18-19-20-21-22-23-24-25-26-27-28-29-30-31-32-34-36-38-40-42-44-46-53(56)62-51(50-61-63(57,58)60-48-47-54)49-59-52(55)45-43-41-39-37-35-33-16-14-12-10-8-6-4-2/h5,7,11,13,17-18,20-21,23-24,26-27,29-30,32,34,38,40,51H,3-4,6,8-10,12,14-16,19,22,25,28,31,33,35-37,39,41-50,54H2,1-2H3,(H,57,58)/b7-5-,13-11-,18-17-,21-20-,24-23-,27-26-,30-29-,34-32-,40-38-. The monoisotopic (exact) mass is 898 g/mol. The predicted octanol–water partition coefficient (Wildman–Crippen LogP) is 14.7. The molecule has 0 saturated heterocycles. The number of ether oxygens (including phenoxy) is 2. The molecule has 3 N–H and O–H groups in total. The second-order valence-corrected chi connectivity index (χ2v) is 17.1. The highest BCUT2D eigenvalue weighted by Crippen LogP contribution is 2.43. The maximum Gasteiger partial charge on any atom is 0.472 e. The molecule has 0 aliphatic carbocycles. The summed E-state index contributed by atoms with van der Waals surface area (Å²) in [7, 11) is -4.40. The van der Waals surface area contributed by atoms with E-state index in [1.54, 1.807) is 0 Å². The number of unbranched alkanes of at least 4 members (excludes halogenated alkanes) is 13. The maximum atomic E-state index is 12.6. The first-order valence-electron chi connectivity index (χ1n) is 24.4. The molecule has 0 aromatic carbocycles. The van der Waals surface area contributed by atoms with Gasteiger partial charge in [0.05, 0.1) is 13.2 Å². The van der Waals surface area contributed by atoms with E-state index in [1.807, 2.05) is 6.08 Å². The van der Waals surface area contributed by atoms with Crippen molar-refractivity contribution in [3.63, 3.8) is 0 Å². The number of carbonyl (C=O) groups excluding carboxylic acids is 2. The first-order chi connectivity index (χ1) is 30.8. The molecule has 0 heterocycles. The van der Waals surface area contributed by atoms with Crippen molar-refractivity contribution in [3.05, 3.63) is 109 Å². The fourth-order valence-electron chi connectivity index (χ4n) is 6.11. The Morgan fingerprint density at radius 2 is 0.873 bits per heavy atom. The highest BCUT2D eigenvalue weighted by molar-refractivity contribution is 7.47. The van der Waals surface area contributed by atoms with Gasteiger partial charge in [0.2, 0.25) is 0 Å². The number of hydrogen-bond donors (Lipinski definition) is 2. The van der Waals surface area contributed by atoms with Gasteiger partial charge in [0.15, 0.2) is 6.10 Å². The molecule has 9 nitrogen and oxygen atoms in total. The van der Waals surface area contributed by atoms with Gasteiger partial charge in [-0.2, -0.15) is 0 Å². The van der Waals surface area contributed by atoms with Crippen LogP contribution in [0.1, 0.15) is 181 Å². The smallest absolute Gasteiger partial charge is 0.462 e. The lowest BCUT2D eigenvalue weighted by Gasteiger charge is -2.19. The molecule has 0 aromatic heterocycles. The van der Waals surface area contributed by atoms with Gasteiger partial charge in [0, 0.05) is 19.4 Å². The third kappa shape index (κ3) is 48.0. The van der Waals surface area contributed by atoms with Crippen molar-refractivity contribution in [2.75, 3.05) is 26.4 Å². The first kappa shape index (κ1) is 59.7. The van der Waals surface area contributed by atoms with Crippen LogP contribution >= 0.6 is 7.82 Å². The molecule has 0 aliphatic rings. The summed E-state index contributed by atoms with van der Waals surface area (Å²) in [4.78, 5) is 34.9. The minimum absolute atomic E-state index is 0.0392. The first-order valence-corrected chi connectivity index (χ1v) is 25.9. The average molecular weight is 898 g/mol. The van der Waals surface area contributed by atoms with E-state index in [4.69, 9.17) is 24.3 Å². The second kappa shape index (κ2) is 48.1. The Labute approximate surface area is 384 Å². The minimum Gasteiger partial charge on any atom is -0.462 e. The molecule has 0 radical (unpaired) electrons. The van der Waals surface area contributed by atoms with Crippen molar-refractivity contribution in [2.24, 2.45) is 5.73 Å². The summed E-state index contributed by atoms with van der Waals surface area (Å²) in [5, 5.41) is 0. The van der Waals surface area contributed by atoms with Crippen molar-refractivity contribution >= 4 is 19.8 Å². The Hall–Kier alpha value is -3.33.